The van der Waals surface area contributed by atoms with Crippen molar-refractivity contribution in [3.05, 3.63) is 35.4 Å². The quantitative estimate of drug-likeness (QED) is 0.680. The molecule has 1 aliphatic heterocycles. The predicted molar refractivity (Wildman–Crippen MR) is 68.0 cm³/mol. The molecule has 1 aliphatic rings. The highest BCUT2D eigenvalue weighted by Gasteiger charge is 2.46. The highest BCUT2D eigenvalue weighted by Crippen LogP contribution is 2.20. The first-order chi connectivity index (χ1) is 9.37. The maximum absolute atomic E-state index is 13.0. The lowest BCUT2D eigenvalue weighted by Gasteiger charge is -2.17. The van der Waals surface area contributed by atoms with Crippen LogP contribution in [0.25, 0.3) is 0 Å². The minimum absolute atomic E-state index is 0.245. The number of carbonyl (C=O) groups excluding carboxylic acids is 2. The minimum Gasteiger partial charge on any atom is -0.322 e. The summed E-state index contributed by atoms with van der Waals surface area (Å²) < 4.78 is 25.8. The highest BCUT2D eigenvalue weighted by atomic mass is 19.2. The Morgan fingerprint density at radius 2 is 2.05 bits per heavy atom. The number of amides is 3. The van der Waals surface area contributed by atoms with Crippen molar-refractivity contribution in [3.8, 4) is 0 Å². The van der Waals surface area contributed by atoms with Crippen LogP contribution in [0.4, 0.5) is 13.6 Å². The van der Waals surface area contributed by atoms with E-state index in [0.29, 0.717) is 11.4 Å². The van der Waals surface area contributed by atoms with Crippen LogP contribution in [0.2, 0.25) is 0 Å². The second kappa shape index (κ2) is 4.99. The fourth-order valence-corrected chi connectivity index (χ4v) is 1.73. The third-order valence-electron chi connectivity index (χ3n) is 3.21. The average molecular weight is 281 g/mol. The molecule has 1 atom stereocenters. The molecule has 106 valence electrons. The Hall–Kier alpha value is -2.31. The van der Waals surface area contributed by atoms with E-state index in [9.17, 15) is 18.4 Å². The van der Waals surface area contributed by atoms with Crippen molar-refractivity contribution in [3.63, 3.8) is 0 Å². The van der Waals surface area contributed by atoms with Gasteiger partial charge in [0.25, 0.3) is 5.91 Å². The van der Waals surface area contributed by atoms with E-state index in [0.717, 1.165) is 18.3 Å². The summed E-state index contributed by atoms with van der Waals surface area (Å²) in [4.78, 5) is 23.7. The Bertz CT molecular complexity index is 603. The van der Waals surface area contributed by atoms with Gasteiger partial charge in [0.15, 0.2) is 11.6 Å². The van der Waals surface area contributed by atoms with Crippen LogP contribution in [-0.2, 0) is 4.79 Å². The second-order valence-electron chi connectivity index (χ2n) is 4.65. The van der Waals surface area contributed by atoms with Gasteiger partial charge in [0.2, 0.25) is 0 Å². The molecule has 0 aromatic heterocycles. The normalized spacial score (nSPS) is 22.7. The standard InChI is InChI=1S/C13H13F2N3O2/c1-3-13(2)11(19)18(12(20)17-13)16-7-8-4-5-9(14)10(15)6-8/h4-7H,3H2,1-2H3,(H,17,20)/t13-/m0/s1. The molecule has 5 nitrogen and oxygen atoms in total. The number of rotatable bonds is 3. The molecule has 1 saturated heterocycles. The van der Waals surface area contributed by atoms with Gasteiger partial charge in [-0.25, -0.2) is 13.6 Å². The summed E-state index contributed by atoms with van der Waals surface area (Å²) in [6, 6.07) is 2.52. The molecule has 1 fully saturated rings. The molecule has 0 radical (unpaired) electrons. The molecule has 1 heterocycles. The van der Waals surface area contributed by atoms with Gasteiger partial charge in [-0.1, -0.05) is 13.0 Å². The van der Waals surface area contributed by atoms with Gasteiger partial charge >= 0.3 is 6.03 Å². The van der Waals surface area contributed by atoms with Crippen molar-refractivity contribution in [1.29, 1.82) is 0 Å². The van der Waals surface area contributed by atoms with Crippen molar-refractivity contribution in [1.82, 2.24) is 10.3 Å². The number of halogens is 2. The number of imide groups is 1. The minimum atomic E-state index is -1.02. The van der Waals surface area contributed by atoms with Crippen LogP contribution in [0.1, 0.15) is 25.8 Å². The first-order valence-corrected chi connectivity index (χ1v) is 6.03. The molecule has 20 heavy (non-hydrogen) atoms. The number of nitrogens with zero attached hydrogens (tertiary/aromatic N) is 2. The molecule has 0 bridgehead atoms. The van der Waals surface area contributed by atoms with E-state index < -0.39 is 29.1 Å². The lowest BCUT2D eigenvalue weighted by atomic mass is 10.00. The zero-order valence-corrected chi connectivity index (χ0v) is 11.0. The summed E-state index contributed by atoms with van der Waals surface area (Å²) in [7, 11) is 0. The third kappa shape index (κ3) is 2.38. The number of hydrazone groups is 1. The summed E-state index contributed by atoms with van der Waals surface area (Å²) >= 11 is 0. The van der Waals surface area contributed by atoms with Crippen LogP contribution in [0.15, 0.2) is 23.3 Å². The number of nitrogens with one attached hydrogen (secondary N) is 1. The zero-order valence-electron chi connectivity index (χ0n) is 11.0. The fourth-order valence-electron chi connectivity index (χ4n) is 1.73. The SMILES string of the molecule is CC[C@]1(C)NC(=O)N(N=Cc2ccc(F)c(F)c2)C1=O. The lowest BCUT2D eigenvalue weighted by molar-refractivity contribution is -0.130. The van der Waals surface area contributed by atoms with E-state index in [1.807, 2.05) is 0 Å². The van der Waals surface area contributed by atoms with Crippen LogP contribution in [0.3, 0.4) is 0 Å². The van der Waals surface area contributed by atoms with E-state index in [-0.39, 0.29) is 5.56 Å². The number of benzene rings is 1. The van der Waals surface area contributed by atoms with Crippen LogP contribution in [0.5, 0.6) is 0 Å². The molecule has 0 aliphatic carbocycles. The van der Waals surface area contributed by atoms with Gasteiger partial charge in [0.05, 0.1) is 6.21 Å². The molecule has 2 rings (SSSR count). The molecule has 7 heteroatoms. The second-order valence-corrected chi connectivity index (χ2v) is 4.65. The molecule has 0 spiro atoms. The van der Waals surface area contributed by atoms with E-state index >= 15 is 0 Å². The lowest BCUT2D eigenvalue weighted by Crippen LogP contribution is -2.42. The zero-order chi connectivity index (χ0) is 14.9. The maximum atomic E-state index is 13.0. The summed E-state index contributed by atoms with van der Waals surface area (Å²) in [5, 5.41) is 6.94. The molecule has 3 amide bonds. The highest BCUT2D eigenvalue weighted by molar-refractivity contribution is 6.07. The van der Waals surface area contributed by atoms with Crippen molar-refractivity contribution >= 4 is 18.2 Å². The van der Waals surface area contributed by atoms with E-state index in [1.165, 1.54) is 6.07 Å². The summed E-state index contributed by atoms with van der Waals surface area (Å²) in [5.41, 5.74) is -0.739. The average Bonchev–Trinajstić information content (AvgIpc) is 2.63. The summed E-state index contributed by atoms with van der Waals surface area (Å²) in [5.74, 6) is -2.48. The third-order valence-corrected chi connectivity index (χ3v) is 3.21. The predicted octanol–water partition coefficient (Wildman–Crippen LogP) is 2.02. The smallest absolute Gasteiger partial charge is 0.322 e. The first-order valence-electron chi connectivity index (χ1n) is 6.03. The molecular weight excluding hydrogens is 268 g/mol. The fraction of sp³-hybridized carbons (Fsp3) is 0.308. The van der Waals surface area contributed by atoms with Crippen molar-refractivity contribution in [2.75, 3.05) is 0 Å². The van der Waals surface area contributed by atoms with Gasteiger partial charge in [0, 0.05) is 0 Å². The molecule has 0 saturated carbocycles. The summed E-state index contributed by atoms with van der Waals surface area (Å²) in [6.07, 6.45) is 1.55. The molecule has 0 unspecified atom stereocenters. The topological polar surface area (TPSA) is 61.8 Å². The summed E-state index contributed by atoms with van der Waals surface area (Å²) in [6.45, 7) is 3.36. The van der Waals surface area contributed by atoms with Crippen LogP contribution < -0.4 is 5.32 Å². The van der Waals surface area contributed by atoms with Gasteiger partial charge in [-0.05, 0) is 31.0 Å². The van der Waals surface area contributed by atoms with Crippen LogP contribution in [0, 0.1) is 11.6 Å². The van der Waals surface area contributed by atoms with Gasteiger partial charge < -0.3 is 5.32 Å². The molecular formula is C13H13F2N3O2. The number of urea groups is 1. The van der Waals surface area contributed by atoms with Gasteiger partial charge in [-0.2, -0.15) is 5.10 Å². The van der Waals surface area contributed by atoms with Crippen molar-refractivity contribution in [2.24, 2.45) is 5.10 Å². The maximum Gasteiger partial charge on any atom is 0.346 e. The van der Waals surface area contributed by atoms with Gasteiger partial charge in [0.1, 0.15) is 5.54 Å². The van der Waals surface area contributed by atoms with Gasteiger partial charge in [-0.15, -0.1) is 5.01 Å². The van der Waals surface area contributed by atoms with Crippen molar-refractivity contribution < 1.29 is 18.4 Å². The Balaban J connectivity index is 2.21. The molecule has 1 aromatic carbocycles. The number of hydrogen-bond acceptors (Lipinski definition) is 3. The Morgan fingerprint density at radius 3 is 2.60 bits per heavy atom. The monoisotopic (exact) mass is 281 g/mol. The van der Waals surface area contributed by atoms with Crippen LogP contribution in [-0.4, -0.2) is 28.7 Å². The molecule has 1 aromatic rings. The number of hydrogen-bond donors (Lipinski definition) is 1. The van der Waals surface area contributed by atoms with Gasteiger partial charge in [-0.3, -0.25) is 4.79 Å². The van der Waals surface area contributed by atoms with E-state index in [1.54, 1.807) is 13.8 Å². The first kappa shape index (κ1) is 14.1. The van der Waals surface area contributed by atoms with E-state index in [4.69, 9.17) is 0 Å². The molecule has 1 N–H and O–H groups in total. The Morgan fingerprint density at radius 1 is 1.35 bits per heavy atom. The Labute approximate surface area is 114 Å². The Kier molecular flexibility index (Phi) is 3.52. The van der Waals surface area contributed by atoms with Crippen LogP contribution >= 0.6 is 0 Å². The largest absolute Gasteiger partial charge is 0.346 e. The number of carbonyl (C=O) groups is 2. The van der Waals surface area contributed by atoms with E-state index in [2.05, 4.69) is 10.4 Å². The van der Waals surface area contributed by atoms with Crippen molar-refractivity contribution in [2.45, 2.75) is 25.8 Å².